The third-order valence-corrected chi connectivity index (χ3v) is 3.21. The van der Waals surface area contributed by atoms with E-state index in [0.717, 1.165) is 30.8 Å². The predicted octanol–water partition coefficient (Wildman–Crippen LogP) is 0.958. The minimum atomic E-state index is -0.0708. The van der Waals surface area contributed by atoms with Crippen LogP contribution in [0.1, 0.15) is 12.8 Å². The molecular formula is C13H15N5O. The number of rotatable bonds is 3. The lowest BCUT2D eigenvalue weighted by atomic mass is 10.2. The van der Waals surface area contributed by atoms with E-state index in [-0.39, 0.29) is 11.9 Å². The molecule has 3 rings (SSSR count). The first-order valence-electron chi connectivity index (χ1n) is 6.32. The molecule has 19 heavy (non-hydrogen) atoms. The Bertz CT molecular complexity index is 560. The zero-order valence-electron chi connectivity index (χ0n) is 10.4. The van der Waals surface area contributed by atoms with E-state index in [1.165, 1.54) is 0 Å². The molecule has 1 amide bonds. The average Bonchev–Trinajstić information content (AvgIpc) is 3.13. The van der Waals surface area contributed by atoms with Crippen molar-refractivity contribution >= 4 is 11.6 Å². The third kappa shape index (κ3) is 2.63. The Morgan fingerprint density at radius 2 is 2.21 bits per heavy atom. The van der Waals surface area contributed by atoms with Gasteiger partial charge in [0.25, 0.3) is 0 Å². The Balaban J connectivity index is 1.74. The van der Waals surface area contributed by atoms with E-state index >= 15 is 0 Å². The number of benzene rings is 1. The summed E-state index contributed by atoms with van der Waals surface area (Å²) in [6, 6.07) is 7.54. The van der Waals surface area contributed by atoms with Crippen LogP contribution in [0.3, 0.4) is 0 Å². The number of carbonyl (C=O) groups excluding carboxylic acids is 1. The number of carbonyl (C=O) groups is 1. The van der Waals surface area contributed by atoms with Gasteiger partial charge in [-0.05, 0) is 37.6 Å². The summed E-state index contributed by atoms with van der Waals surface area (Å²) in [7, 11) is 0. The molecule has 1 saturated heterocycles. The zero-order chi connectivity index (χ0) is 13.1. The van der Waals surface area contributed by atoms with Crippen molar-refractivity contribution in [2.24, 2.45) is 0 Å². The fraction of sp³-hybridized carbons (Fsp3) is 0.308. The molecule has 0 radical (unpaired) electrons. The average molecular weight is 257 g/mol. The number of nitrogens with zero attached hydrogens (tertiary/aromatic N) is 3. The van der Waals surface area contributed by atoms with Gasteiger partial charge < -0.3 is 10.6 Å². The van der Waals surface area contributed by atoms with Crippen molar-refractivity contribution in [1.82, 2.24) is 20.1 Å². The second-order valence-corrected chi connectivity index (χ2v) is 4.56. The monoisotopic (exact) mass is 257 g/mol. The van der Waals surface area contributed by atoms with Gasteiger partial charge >= 0.3 is 0 Å². The highest BCUT2D eigenvalue weighted by molar-refractivity contribution is 5.95. The second-order valence-electron chi connectivity index (χ2n) is 4.56. The summed E-state index contributed by atoms with van der Waals surface area (Å²) in [5.74, 6) is 0.0263. The lowest BCUT2D eigenvalue weighted by molar-refractivity contribution is -0.117. The van der Waals surface area contributed by atoms with Gasteiger partial charge in [-0.1, -0.05) is 6.07 Å². The van der Waals surface area contributed by atoms with E-state index < -0.39 is 0 Å². The van der Waals surface area contributed by atoms with Gasteiger partial charge in [-0.25, -0.2) is 0 Å². The summed E-state index contributed by atoms with van der Waals surface area (Å²) in [5.41, 5.74) is 1.70. The van der Waals surface area contributed by atoms with E-state index in [9.17, 15) is 4.79 Å². The number of amides is 1. The smallest absolute Gasteiger partial charge is 0.241 e. The number of anilines is 1. The van der Waals surface area contributed by atoms with Crippen LogP contribution in [-0.4, -0.2) is 33.3 Å². The highest BCUT2D eigenvalue weighted by atomic mass is 16.2. The number of nitrogens with one attached hydrogen (secondary N) is 2. The SMILES string of the molecule is O=C(Nc1cccc(-n2cnnc2)c1)C1CCCN1. The molecule has 1 aliphatic heterocycles. The number of aromatic nitrogens is 3. The molecule has 98 valence electrons. The summed E-state index contributed by atoms with van der Waals surface area (Å²) < 4.78 is 1.80. The summed E-state index contributed by atoms with van der Waals surface area (Å²) in [4.78, 5) is 12.0. The molecular weight excluding hydrogens is 242 g/mol. The zero-order valence-corrected chi connectivity index (χ0v) is 10.4. The maximum atomic E-state index is 12.0. The Labute approximate surface area is 110 Å². The molecule has 1 aromatic carbocycles. The normalized spacial score (nSPS) is 18.4. The molecule has 2 N–H and O–H groups in total. The number of hydrogen-bond donors (Lipinski definition) is 2. The van der Waals surface area contributed by atoms with Gasteiger partial charge in [0.2, 0.25) is 5.91 Å². The van der Waals surface area contributed by atoms with Crippen LogP contribution in [0.5, 0.6) is 0 Å². The van der Waals surface area contributed by atoms with E-state index in [1.54, 1.807) is 17.2 Å². The maximum Gasteiger partial charge on any atom is 0.241 e. The van der Waals surface area contributed by atoms with Crippen LogP contribution in [0, 0.1) is 0 Å². The first-order valence-corrected chi connectivity index (χ1v) is 6.32. The first-order chi connectivity index (χ1) is 9.33. The Kier molecular flexibility index (Phi) is 3.24. The second kappa shape index (κ2) is 5.19. The molecule has 2 aromatic rings. The molecule has 1 fully saturated rings. The molecule has 1 aliphatic rings. The summed E-state index contributed by atoms with van der Waals surface area (Å²) in [5, 5.41) is 13.6. The van der Waals surface area contributed by atoms with E-state index in [2.05, 4.69) is 20.8 Å². The van der Waals surface area contributed by atoms with Crippen LogP contribution in [0.4, 0.5) is 5.69 Å². The van der Waals surface area contributed by atoms with Gasteiger partial charge in [-0.3, -0.25) is 9.36 Å². The van der Waals surface area contributed by atoms with Gasteiger partial charge in [0.05, 0.1) is 11.7 Å². The fourth-order valence-electron chi connectivity index (χ4n) is 2.22. The number of hydrogen-bond acceptors (Lipinski definition) is 4. The van der Waals surface area contributed by atoms with Crippen LogP contribution in [0.2, 0.25) is 0 Å². The summed E-state index contributed by atoms with van der Waals surface area (Å²) >= 11 is 0. The Hall–Kier alpha value is -2.21. The third-order valence-electron chi connectivity index (χ3n) is 3.21. The molecule has 0 bridgehead atoms. The molecule has 1 atom stereocenters. The van der Waals surface area contributed by atoms with Crippen LogP contribution in [0.25, 0.3) is 5.69 Å². The van der Waals surface area contributed by atoms with E-state index in [4.69, 9.17) is 0 Å². The standard InChI is InChI=1S/C13H15N5O/c19-13(12-5-2-6-14-12)17-10-3-1-4-11(7-10)18-8-15-16-9-18/h1,3-4,7-9,12,14H,2,5-6H2,(H,17,19). The molecule has 1 aromatic heterocycles. The van der Waals surface area contributed by atoms with Crippen molar-refractivity contribution < 1.29 is 4.79 Å². The fourth-order valence-corrected chi connectivity index (χ4v) is 2.22. The largest absolute Gasteiger partial charge is 0.325 e. The molecule has 0 aliphatic carbocycles. The van der Waals surface area contributed by atoms with Gasteiger partial charge in [0, 0.05) is 5.69 Å². The van der Waals surface area contributed by atoms with Gasteiger partial charge in [-0.15, -0.1) is 10.2 Å². The van der Waals surface area contributed by atoms with E-state index in [0.29, 0.717) is 0 Å². The Morgan fingerprint density at radius 1 is 1.37 bits per heavy atom. The van der Waals surface area contributed by atoms with Crippen molar-refractivity contribution in [2.75, 3.05) is 11.9 Å². The van der Waals surface area contributed by atoms with Crippen molar-refractivity contribution in [1.29, 1.82) is 0 Å². The van der Waals surface area contributed by atoms with Crippen molar-refractivity contribution in [3.63, 3.8) is 0 Å². The van der Waals surface area contributed by atoms with E-state index in [1.807, 2.05) is 24.3 Å². The topological polar surface area (TPSA) is 71.8 Å². The maximum absolute atomic E-state index is 12.0. The lowest BCUT2D eigenvalue weighted by Gasteiger charge is -2.12. The predicted molar refractivity (Wildman–Crippen MR) is 71.0 cm³/mol. The van der Waals surface area contributed by atoms with Gasteiger partial charge in [-0.2, -0.15) is 0 Å². The molecule has 6 nitrogen and oxygen atoms in total. The highest BCUT2D eigenvalue weighted by Gasteiger charge is 2.21. The minimum Gasteiger partial charge on any atom is -0.325 e. The van der Waals surface area contributed by atoms with Crippen molar-refractivity contribution in [3.05, 3.63) is 36.9 Å². The first kappa shape index (κ1) is 11.9. The molecule has 2 heterocycles. The summed E-state index contributed by atoms with van der Waals surface area (Å²) in [6.07, 6.45) is 5.20. The molecule has 6 heteroatoms. The van der Waals surface area contributed by atoms with Crippen LogP contribution < -0.4 is 10.6 Å². The van der Waals surface area contributed by atoms with Crippen LogP contribution in [-0.2, 0) is 4.79 Å². The van der Waals surface area contributed by atoms with Crippen molar-refractivity contribution in [3.8, 4) is 5.69 Å². The highest BCUT2D eigenvalue weighted by Crippen LogP contribution is 2.15. The Morgan fingerprint density at radius 3 is 2.95 bits per heavy atom. The minimum absolute atomic E-state index is 0.0263. The van der Waals surface area contributed by atoms with Crippen molar-refractivity contribution in [2.45, 2.75) is 18.9 Å². The van der Waals surface area contributed by atoms with Gasteiger partial charge in [0.15, 0.2) is 0 Å². The molecule has 0 saturated carbocycles. The summed E-state index contributed by atoms with van der Waals surface area (Å²) in [6.45, 7) is 0.916. The van der Waals surface area contributed by atoms with Crippen LogP contribution in [0.15, 0.2) is 36.9 Å². The van der Waals surface area contributed by atoms with Crippen LogP contribution >= 0.6 is 0 Å². The molecule has 1 unspecified atom stereocenters. The quantitative estimate of drug-likeness (QED) is 0.859. The lowest BCUT2D eigenvalue weighted by Crippen LogP contribution is -2.35. The van der Waals surface area contributed by atoms with Gasteiger partial charge in [0.1, 0.15) is 12.7 Å². The molecule has 0 spiro atoms.